The lowest BCUT2D eigenvalue weighted by Crippen LogP contribution is -3.16. The van der Waals surface area contributed by atoms with E-state index in [1.807, 2.05) is 0 Å². The van der Waals surface area contributed by atoms with Gasteiger partial charge in [0.1, 0.15) is 5.75 Å². The predicted molar refractivity (Wildman–Crippen MR) is 80.5 cm³/mol. The molecule has 1 aliphatic heterocycles. The Kier molecular flexibility index (Phi) is 2.85. The third-order valence-corrected chi connectivity index (χ3v) is 6.48. The van der Waals surface area contributed by atoms with Gasteiger partial charge in [0.25, 0.3) is 0 Å². The fraction of sp³-hybridized carbons (Fsp3) is 0.667. The first-order valence-electron chi connectivity index (χ1n) is 8.24. The third kappa shape index (κ3) is 1.60. The van der Waals surface area contributed by atoms with Gasteiger partial charge in [-0.2, -0.15) is 0 Å². The van der Waals surface area contributed by atoms with Gasteiger partial charge < -0.3 is 9.64 Å². The lowest BCUT2D eigenvalue weighted by molar-refractivity contribution is -0.919. The number of piperidine rings is 1. The van der Waals surface area contributed by atoms with Crippen LogP contribution in [0.3, 0.4) is 0 Å². The number of hydrogen-bond donors (Lipinski definition) is 1. The molecule has 2 nitrogen and oxygen atoms in total. The van der Waals surface area contributed by atoms with Gasteiger partial charge in [0.05, 0.1) is 26.7 Å². The second-order valence-electron chi connectivity index (χ2n) is 7.19. The maximum absolute atomic E-state index is 5.51. The van der Waals surface area contributed by atoms with E-state index in [-0.39, 0.29) is 0 Å². The summed E-state index contributed by atoms with van der Waals surface area (Å²) in [5, 5.41) is 0. The van der Waals surface area contributed by atoms with Crippen LogP contribution in [0.5, 0.6) is 5.75 Å². The number of fused-ring (bicyclic) bond motifs is 1. The highest BCUT2D eigenvalue weighted by Gasteiger charge is 2.55. The number of rotatable bonds is 1. The maximum atomic E-state index is 5.51. The molecular weight excluding hydrogens is 246 g/mol. The first kappa shape index (κ1) is 12.7. The molecule has 1 saturated carbocycles. The summed E-state index contributed by atoms with van der Waals surface area (Å²) in [6.45, 7) is 1.35. The molecule has 1 saturated heterocycles. The molecule has 0 radical (unpaired) electrons. The lowest BCUT2D eigenvalue weighted by Gasteiger charge is -2.56. The van der Waals surface area contributed by atoms with Gasteiger partial charge in [-0.1, -0.05) is 18.9 Å². The molecule has 1 N–H and O–H groups in total. The van der Waals surface area contributed by atoms with Crippen molar-refractivity contribution in [1.29, 1.82) is 0 Å². The minimum absolute atomic E-state index is 0.477. The molecule has 1 heterocycles. The largest absolute Gasteiger partial charge is 0.497 e. The molecule has 2 heteroatoms. The molecule has 4 atom stereocenters. The molecule has 2 fully saturated rings. The number of nitrogens with one attached hydrogen (secondary N) is 1. The number of hydrogen-bond acceptors (Lipinski definition) is 1. The zero-order valence-electron chi connectivity index (χ0n) is 12.7. The van der Waals surface area contributed by atoms with Crippen LogP contribution >= 0.6 is 0 Å². The predicted octanol–water partition coefficient (Wildman–Crippen LogP) is 1.97. The maximum Gasteiger partial charge on any atom is 0.119 e. The Morgan fingerprint density at radius 2 is 2.15 bits per heavy atom. The first-order valence-corrected chi connectivity index (χ1v) is 8.24. The Labute approximate surface area is 122 Å². The van der Waals surface area contributed by atoms with Crippen molar-refractivity contribution in [3.8, 4) is 5.75 Å². The van der Waals surface area contributed by atoms with Gasteiger partial charge in [0.15, 0.2) is 0 Å². The van der Waals surface area contributed by atoms with Crippen molar-refractivity contribution >= 4 is 0 Å². The number of ether oxygens (including phenoxy) is 1. The zero-order chi connectivity index (χ0) is 13.7. The SMILES string of the molecule is COc1ccc2c(c1)[C@]13CCCCC1[C@H](C2)[NH+](C)CC3. The summed E-state index contributed by atoms with van der Waals surface area (Å²) >= 11 is 0. The van der Waals surface area contributed by atoms with Crippen molar-refractivity contribution < 1.29 is 9.64 Å². The third-order valence-electron chi connectivity index (χ3n) is 6.48. The molecule has 0 spiro atoms. The average Bonchev–Trinajstić information content (AvgIpc) is 2.50. The van der Waals surface area contributed by atoms with Crippen molar-refractivity contribution in [3.05, 3.63) is 29.3 Å². The molecule has 2 bridgehead atoms. The summed E-state index contributed by atoms with van der Waals surface area (Å²) in [4.78, 5) is 1.77. The van der Waals surface area contributed by atoms with Gasteiger partial charge in [-0.05, 0) is 36.1 Å². The molecule has 2 aliphatic carbocycles. The lowest BCUT2D eigenvalue weighted by atomic mass is 9.52. The van der Waals surface area contributed by atoms with Gasteiger partial charge in [0.2, 0.25) is 0 Å². The molecule has 3 aliphatic rings. The Balaban J connectivity index is 1.88. The number of likely N-dealkylation sites (tertiary alicyclic amines) is 1. The zero-order valence-corrected chi connectivity index (χ0v) is 12.7. The van der Waals surface area contributed by atoms with Gasteiger partial charge >= 0.3 is 0 Å². The number of methoxy groups -OCH3 is 1. The molecule has 108 valence electrons. The highest BCUT2D eigenvalue weighted by atomic mass is 16.5. The molecule has 2 unspecified atom stereocenters. The Bertz CT molecular complexity index is 526. The minimum Gasteiger partial charge on any atom is -0.497 e. The average molecular weight is 272 g/mol. The van der Waals surface area contributed by atoms with E-state index >= 15 is 0 Å². The second-order valence-corrected chi connectivity index (χ2v) is 7.19. The van der Waals surface area contributed by atoms with E-state index in [9.17, 15) is 0 Å². The highest BCUT2D eigenvalue weighted by molar-refractivity contribution is 5.44. The van der Waals surface area contributed by atoms with E-state index in [2.05, 4.69) is 25.2 Å². The van der Waals surface area contributed by atoms with Crippen LogP contribution < -0.4 is 9.64 Å². The summed E-state index contributed by atoms with van der Waals surface area (Å²) in [6, 6.07) is 7.71. The van der Waals surface area contributed by atoms with Crippen molar-refractivity contribution in [3.63, 3.8) is 0 Å². The van der Waals surface area contributed by atoms with Crippen LogP contribution in [0, 0.1) is 5.92 Å². The summed E-state index contributed by atoms with van der Waals surface area (Å²) in [7, 11) is 4.21. The van der Waals surface area contributed by atoms with Crippen LogP contribution in [0.4, 0.5) is 0 Å². The van der Waals surface area contributed by atoms with Crippen LogP contribution in [-0.4, -0.2) is 26.7 Å². The normalized spacial score (nSPS) is 38.8. The van der Waals surface area contributed by atoms with Crippen molar-refractivity contribution in [2.75, 3.05) is 20.7 Å². The van der Waals surface area contributed by atoms with E-state index in [0.29, 0.717) is 5.41 Å². The minimum atomic E-state index is 0.477. The smallest absolute Gasteiger partial charge is 0.119 e. The van der Waals surface area contributed by atoms with E-state index in [1.165, 1.54) is 45.1 Å². The summed E-state index contributed by atoms with van der Waals surface area (Å²) in [5.74, 6) is 1.96. The molecule has 0 aromatic heterocycles. The second kappa shape index (κ2) is 4.49. The van der Waals surface area contributed by atoms with Crippen LogP contribution in [0.1, 0.15) is 43.2 Å². The number of quaternary nitrogens is 1. The summed E-state index contributed by atoms with van der Waals surface area (Å²) in [5.41, 5.74) is 3.73. The quantitative estimate of drug-likeness (QED) is 0.825. The van der Waals surface area contributed by atoms with E-state index in [1.54, 1.807) is 23.1 Å². The van der Waals surface area contributed by atoms with E-state index < -0.39 is 0 Å². The van der Waals surface area contributed by atoms with Gasteiger partial charge in [0, 0.05) is 24.2 Å². The fourth-order valence-electron chi connectivity index (χ4n) is 5.46. The monoisotopic (exact) mass is 272 g/mol. The molecule has 0 amide bonds. The van der Waals surface area contributed by atoms with Crippen molar-refractivity contribution in [2.24, 2.45) is 5.92 Å². The van der Waals surface area contributed by atoms with Gasteiger partial charge in [-0.15, -0.1) is 0 Å². The van der Waals surface area contributed by atoms with Crippen molar-refractivity contribution in [1.82, 2.24) is 0 Å². The molecular formula is C18H26NO+. The Morgan fingerprint density at radius 3 is 3.00 bits per heavy atom. The van der Waals surface area contributed by atoms with Crippen LogP contribution in [0.2, 0.25) is 0 Å². The first-order chi connectivity index (χ1) is 9.74. The molecule has 20 heavy (non-hydrogen) atoms. The number of benzene rings is 1. The summed E-state index contributed by atoms with van der Waals surface area (Å²) in [6.07, 6.45) is 8.35. The van der Waals surface area contributed by atoms with E-state index in [4.69, 9.17) is 4.74 Å². The van der Waals surface area contributed by atoms with Gasteiger partial charge in [-0.3, -0.25) is 0 Å². The van der Waals surface area contributed by atoms with Crippen LogP contribution in [0.25, 0.3) is 0 Å². The molecule has 1 aromatic rings. The Hall–Kier alpha value is -1.02. The number of likely N-dealkylation sites (N-methyl/N-ethyl adjacent to an activating group) is 1. The molecule has 4 rings (SSSR count). The highest BCUT2D eigenvalue weighted by Crippen LogP contribution is 2.53. The molecule has 1 aromatic carbocycles. The van der Waals surface area contributed by atoms with Crippen LogP contribution in [-0.2, 0) is 11.8 Å². The summed E-state index contributed by atoms with van der Waals surface area (Å²) < 4.78 is 5.51. The standard InChI is InChI=1S/C18H25NO/c1-19-10-9-18-8-4-3-5-15(18)17(19)11-13-6-7-14(20-2)12-16(13)18/h6-7,12,15,17H,3-5,8-11H2,1-2H3/p+1/t15?,17-,18-/m0/s1. The van der Waals surface area contributed by atoms with Gasteiger partial charge in [-0.25, -0.2) is 0 Å². The van der Waals surface area contributed by atoms with E-state index in [0.717, 1.165) is 17.7 Å². The topological polar surface area (TPSA) is 13.7 Å². The van der Waals surface area contributed by atoms with Crippen LogP contribution in [0.15, 0.2) is 18.2 Å². The fourth-order valence-corrected chi connectivity index (χ4v) is 5.46. The Morgan fingerprint density at radius 1 is 1.25 bits per heavy atom. The van der Waals surface area contributed by atoms with Crippen molar-refractivity contribution in [2.45, 2.75) is 50.0 Å².